The molecular weight excluding hydrogens is 312 g/mol. The maximum Gasteiger partial charge on any atom is 0.238 e. The Labute approximate surface area is 120 Å². The summed E-state index contributed by atoms with van der Waals surface area (Å²) in [7, 11) is 0. The largest absolute Gasteiger partial charge is 0.486 e. The second kappa shape index (κ2) is 6.58. The van der Waals surface area contributed by atoms with E-state index in [0.29, 0.717) is 36.9 Å². The van der Waals surface area contributed by atoms with Crippen LogP contribution in [0.3, 0.4) is 0 Å². The van der Waals surface area contributed by atoms with Crippen molar-refractivity contribution in [2.45, 2.75) is 0 Å². The van der Waals surface area contributed by atoms with Gasteiger partial charge in [0.1, 0.15) is 13.2 Å². The van der Waals surface area contributed by atoms with Crippen molar-refractivity contribution in [3.8, 4) is 11.5 Å². The number of hydrogen-bond acceptors (Lipinski definition) is 4. The number of amides is 1. The van der Waals surface area contributed by atoms with E-state index in [2.05, 4.69) is 33.1 Å². The number of hydrogen-bond donors (Lipinski definition) is 2. The second-order valence-corrected chi connectivity index (χ2v) is 4.80. The molecule has 102 valence electrons. The van der Waals surface area contributed by atoms with Gasteiger partial charge in [-0.1, -0.05) is 6.08 Å². The third-order valence-electron chi connectivity index (χ3n) is 2.48. The number of anilines is 1. The fraction of sp³-hybridized carbons (Fsp3) is 0.308. The molecule has 6 heteroatoms. The summed E-state index contributed by atoms with van der Waals surface area (Å²) in [4.78, 5) is 11.7. The normalized spacial score (nSPS) is 12.9. The average Bonchev–Trinajstić information content (AvgIpc) is 2.40. The Morgan fingerprint density at radius 1 is 1.37 bits per heavy atom. The van der Waals surface area contributed by atoms with Crippen molar-refractivity contribution in [1.82, 2.24) is 5.32 Å². The van der Waals surface area contributed by atoms with Crippen molar-refractivity contribution in [3.05, 3.63) is 29.3 Å². The van der Waals surface area contributed by atoms with E-state index in [-0.39, 0.29) is 12.5 Å². The summed E-state index contributed by atoms with van der Waals surface area (Å²) >= 11 is 3.40. The molecule has 1 heterocycles. The average molecular weight is 327 g/mol. The minimum atomic E-state index is -0.126. The molecule has 0 spiro atoms. The number of rotatable bonds is 5. The van der Waals surface area contributed by atoms with Gasteiger partial charge < -0.3 is 20.1 Å². The molecule has 2 rings (SSSR count). The Bertz CT molecular complexity index is 491. The van der Waals surface area contributed by atoms with Crippen molar-refractivity contribution in [3.63, 3.8) is 0 Å². The standard InChI is InChI=1S/C13H15BrN2O3/c1-2-3-15-8-13(17)16-10-7-12-11(6-9(10)14)18-4-5-19-12/h2,6-7,15H,1,3-5,8H2,(H,16,17). The van der Waals surface area contributed by atoms with E-state index in [0.717, 1.165) is 4.47 Å². The van der Waals surface area contributed by atoms with Crippen molar-refractivity contribution >= 4 is 27.5 Å². The first-order valence-corrected chi connectivity index (χ1v) is 6.70. The smallest absolute Gasteiger partial charge is 0.238 e. The number of carbonyl (C=O) groups excluding carboxylic acids is 1. The van der Waals surface area contributed by atoms with Crippen LogP contribution in [-0.4, -0.2) is 32.2 Å². The molecule has 5 nitrogen and oxygen atoms in total. The predicted octanol–water partition coefficient (Wildman–Crippen LogP) is 1.93. The lowest BCUT2D eigenvalue weighted by Gasteiger charge is -2.20. The van der Waals surface area contributed by atoms with E-state index in [9.17, 15) is 4.79 Å². The van der Waals surface area contributed by atoms with Gasteiger partial charge in [0.15, 0.2) is 11.5 Å². The number of benzene rings is 1. The molecule has 0 radical (unpaired) electrons. The zero-order valence-electron chi connectivity index (χ0n) is 10.4. The van der Waals surface area contributed by atoms with Crippen molar-refractivity contribution in [2.75, 3.05) is 31.6 Å². The summed E-state index contributed by atoms with van der Waals surface area (Å²) in [5, 5.41) is 5.74. The van der Waals surface area contributed by atoms with Crippen LogP contribution in [-0.2, 0) is 4.79 Å². The third kappa shape index (κ3) is 3.71. The van der Waals surface area contributed by atoms with Gasteiger partial charge >= 0.3 is 0 Å². The number of halogens is 1. The van der Waals surface area contributed by atoms with Crippen LogP contribution in [0.15, 0.2) is 29.3 Å². The lowest BCUT2D eigenvalue weighted by atomic mass is 10.2. The first kappa shape index (κ1) is 13.9. The highest BCUT2D eigenvalue weighted by Crippen LogP contribution is 2.37. The molecule has 0 fully saturated rings. The molecule has 0 bridgehead atoms. The van der Waals surface area contributed by atoms with Crippen LogP contribution in [0.1, 0.15) is 0 Å². The molecule has 2 N–H and O–H groups in total. The van der Waals surface area contributed by atoms with Crippen molar-refractivity contribution < 1.29 is 14.3 Å². The van der Waals surface area contributed by atoms with E-state index in [4.69, 9.17) is 9.47 Å². The molecule has 1 aliphatic rings. The number of nitrogens with one attached hydrogen (secondary N) is 2. The molecule has 0 saturated heterocycles. The van der Waals surface area contributed by atoms with Crippen molar-refractivity contribution in [1.29, 1.82) is 0 Å². The first-order chi connectivity index (χ1) is 9.20. The quantitative estimate of drug-likeness (QED) is 0.641. The van der Waals surface area contributed by atoms with Crippen LogP contribution in [0.2, 0.25) is 0 Å². The summed E-state index contributed by atoms with van der Waals surface area (Å²) < 4.78 is 11.7. The molecule has 0 unspecified atom stereocenters. The van der Waals surface area contributed by atoms with Gasteiger partial charge in [0.05, 0.1) is 12.2 Å². The fourth-order valence-electron chi connectivity index (χ4n) is 1.64. The molecule has 0 saturated carbocycles. The number of carbonyl (C=O) groups is 1. The van der Waals surface area contributed by atoms with Gasteiger partial charge in [0.25, 0.3) is 0 Å². The van der Waals surface area contributed by atoms with Gasteiger partial charge in [-0.2, -0.15) is 0 Å². The lowest BCUT2D eigenvalue weighted by Crippen LogP contribution is -2.28. The highest BCUT2D eigenvalue weighted by molar-refractivity contribution is 9.10. The Morgan fingerprint density at radius 2 is 2.05 bits per heavy atom. The molecule has 1 aromatic rings. The first-order valence-electron chi connectivity index (χ1n) is 5.91. The van der Waals surface area contributed by atoms with Crippen LogP contribution in [0.5, 0.6) is 11.5 Å². The Hall–Kier alpha value is -1.53. The highest BCUT2D eigenvalue weighted by Gasteiger charge is 2.15. The molecule has 1 aliphatic heterocycles. The van der Waals surface area contributed by atoms with E-state index in [1.807, 2.05) is 0 Å². The van der Waals surface area contributed by atoms with E-state index in [1.165, 1.54) is 0 Å². The molecule has 1 amide bonds. The minimum Gasteiger partial charge on any atom is -0.486 e. The predicted molar refractivity (Wildman–Crippen MR) is 76.8 cm³/mol. The van der Waals surface area contributed by atoms with Gasteiger partial charge in [-0.3, -0.25) is 4.79 Å². The van der Waals surface area contributed by atoms with Crippen LogP contribution in [0, 0.1) is 0 Å². The van der Waals surface area contributed by atoms with E-state index in [1.54, 1.807) is 18.2 Å². The molecule has 19 heavy (non-hydrogen) atoms. The maximum atomic E-state index is 11.7. The molecule has 0 atom stereocenters. The summed E-state index contributed by atoms with van der Waals surface area (Å²) in [5.74, 6) is 1.20. The number of fused-ring (bicyclic) bond motifs is 1. The zero-order valence-corrected chi connectivity index (χ0v) is 12.0. The van der Waals surface area contributed by atoms with Crippen molar-refractivity contribution in [2.24, 2.45) is 0 Å². The summed E-state index contributed by atoms with van der Waals surface area (Å²) in [6.45, 7) is 5.45. The van der Waals surface area contributed by atoms with Gasteiger partial charge in [0, 0.05) is 23.2 Å². The minimum absolute atomic E-state index is 0.126. The SMILES string of the molecule is C=CCNCC(=O)Nc1cc2c(cc1Br)OCCO2. The lowest BCUT2D eigenvalue weighted by molar-refractivity contribution is -0.115. The van der Waals surface area contributed by atoms with Gasteiger partial charge in [-0.05, 0) is 15.9 Å². The maximum absolute atomic E-state index is 11.7. The van der Waals surface area contributed by atoms with E-state index >= 15 is 0 Å². The summed E-state index contributed by atoms with van der Waals surface area (Å²) in [6, 6.07) is 3.55. The van der Waals surface area contributed by atoms with Crippen LogP contribution < -0.4 is 20.1 Å². The topological polar surface area (TPSA) is 59.6 Å². The Kier molecular flexibility index (Phi) is 4.81. The highest BCUT2D eigenvalue weighted by atomic mass is 79.9. The zero-order chi connectivity index (χ0) is 13.7. The van der Waals surface area contributed by atoms with Crippen LogP contribution >= 0.6 is 15.9 Å². The van der Waals surface area contributed by atoms with Gasteiger partial charge in [0.2, 0.25) is 5.91 Å². The Morgan fingerprint density at radius 3 is 2.74 bits per heavy atom. The molecule has 0 aromatic heterocycles. The van der Waals surface area contributed by atoms with Crippen LogP contribution in [0.25, 0.3) is 0 Å². The molecule has 1 aromatic carbocycles. The van der Waals surface area contributed by atoms with E-state index < -0.39 is 0 Å². The van der Waals surface area contributed by atoms with Crippen LogP contribution in [0.4, 0.5) is 5.69 Å². The number of ether oxygens (including phenoxy) is 2. The second-order valence-electron chi connectivity index (χ2n) is 3.94. The fourth-order valence-corrected chi connectivity index (χ4v) is 2.06. The molecular formula is C13H15BrN2O3. The van der Waals surface area contributed by atoms with Gasteiger partial charge in [-0.25, -0.2) is 0 Å². The summed E-state index contributed by atoms with van der Waals surface area (Å²) in [5.41, 5.74) is 0.662. The van der Waals surface area contributed by atoms with Gasteiger partial charge in [-0.15, -0.1) is 6.58 Å². The Balaban J connectivity index is 2.03. The summed E-state index contributed by atoms with van der Waals surface area (Å²) in [6.07, 6.45) is 1.70. The third-order valence-corrected chi connectivity index (χ3v) is 3.14. The monoisotopic (exact) mass is 326 g/mol. The molecule has 0 aliphatic carbocycles.